The molecule has 0 radical (unpaired) electrons. The second-order valence-electron chi connectivity index (χ2n) is 4.36. The average Bonchev–Trinajstić information content (AvgIpc) is 2.28. The zero-order chi connectivity index (χ0) is 12.8. The number of carbonyl (C=O) groups excluding carboxylic acids is 1. The summed E-state index contributed by atoms with van der Waals surface area (Å²) < 4.78 is 0. The molecule has 0 saturated heterocycles. The van der Waals surface area contributed by atoms with E-state index < -0.39 is 0 Å². The van der Waals surface area contributed by atoms with E-state index in [1.807, 2.05) is 19.1 Å². The highest BCUT2D eigenvalue weighted by Gasteiger charge is 2.10. The predicted octanol–water partition coefficient (Wildman–Crippen LogP) is 2.83. The van der Waals surface area contributed by atoms with Crippen LogP contribution in [0.2, 0.25) is 0 Å². The lowest BCUT2D eigenvalue weighted by molar-refractivity contribution is 0.246. The van der Waals surface area contributed by atoms with Gasteiger partial charge in [-0.25, -0.2) is 4.79 Å². The molecular formula is C14H18N2O. The zero-order valence-electron chi connectivity index (χ0n) is 10.4. The molecule has 1 rings (SSSR count). The highest BCUT2D eigenvalue weighted by atomic mass is 16.2. The number of rotatable bonds is 3. The van der Waals surface area contributed by atoms with E-state index in [4.69, 9.17) is 6.42 Å². The Hall–Kier alpha value is -1.95. The van der Waals surface area contributed by atoms with Crippen LogP contribution < -0.4 is 10.6 Å². The Labute approximate surface area is 103 Å². The van der Waals surface area contributed by atoms with E-state index >= 15 is 0 Å². The van der Waals surface area contributed by atoms with Gasteiger partial charge in [0.1, 0.15) is 0 Å². The first-order valence-electron chi connectivity index (χ1n) is 5.67. The van der Waals surface area contributed by atoms with E-state index in [1.54, 1.807) is 12.1 Å². The molecule has 2 amide bonds. The Morgan fingerprint density at radius 2 is 2.06 bits per heavy atom. The minimum atomic E-state index is -0.208. The van der Waals surface area contributed by atoms with Gasteiger partial charge in [-0.15, -0.1) is 6.42 Å². The topological polar surface area (TPSA) is 41.1 Å². The van der Waals surface area contributed by atoms with Gasteiger partial charge in [-0.2, -0.15) is 0 Å². The van der Waals surface area contributed by atoms with Crippen molar-refractivity contribution in [1.82, 2.24) is 5.32 Å². The molecule has 0 saturated carbocycles. The monoisotopic (exact) mass is 230 g/mol. The van der Waals surface area contributed by atoms with Crippen molar-refractivity contribution < 1.29 is 4.79 Å². The van der Waals surface area contributed by atoms with Gasteiger partial charge in [-0.1, -0.05) is 25.8 Å². The Morgan fingerprint density at radius 1 is 1.35 bits per heavy atom. The summed E-state index contributed by atoms with van der Waals surface area (Å²) in [5.41, 5.74) is 1.45. The fourth-order valence-corrected chi connectivity index (χ4v) is 1.23. The maximum Gasteiger partial charge on any atom is 0.319 e. The van der Waals surface area contributed by atoms with Gasteiger partial charge < -0.3 is 10.6 Å². The second-order valence-corrected chi connectivity index (χ2v) is 4.36. The molecule has 0 aliphatic rings. The highest BCUT2D eigenvalue weighted by molar-refractivity contribution is 5.89. The first-order valence-corrected chi connectivity index (χ1v) is 5.67. The molecule has 90 valence electrons. The Bertz CT molecular complexity index is 432. The van der Waals surface area contributed by atoms with E-state index in [0.29, 0.717) is 11.6 Å². The molecule has 0 bridgehead atoms. The lowest BCUT2D eigenvalue weighted by Gasteiger charge is -2.17. The van der Waals surface area contributed by atoms with Gasteiger partial charge in [0, 0.05) is 17.3 Å². The Morgan fingerprint density at radius 3 is 2.65 bits per heavy atom. The molecule has 3 heteroatoms. The van der Waals surface area contributed by atoms with Crippen molar-refractivity contribution in [3.8, 4) is 12.3 Å². The van der Waals surface area contributed by atoms with Gasteiger partial charge in [0.05, 0.1) is 0 Å². The van der Waals surface area contributed by atoms with Crippen LogP contribution in [0.1, 0.15) is 26.3 Å². The average molecular weight is 230 g/mol. The summed E-state index contributed by atoms with van der Waals surface area (Å²) in [6, 6.07) is 7.13. The molecule has 2 N–H and O–H groups in total. The highest BCUT2D eigenvalue weighted by Crippen LogP contribution is 2.09. The summed E-state index contributed by atoms with van der Waals surface area (Å²) in [7, 11) is 0. The largest absolute Gasteiger partial charge is 0.335 e. The van der Waals surface area contributed by atoms with Gasteiger partial charge in [-0.05, 0) is 31.0 Å². The van der Waals surface area contributed by atoms with Gasteiger partial charge in [0.15, 0.2) is 0 Å². The molecule has 0 heterocycles. The molecule has 1 aromatic carbocycles. The summed E-state index contributed by atoms with van der Waals surface area (Å²) in [4.78, 5) is 11.7. The Kier molecular flexibility index (Phi) is 4.59. The molecule has 1 unspecified atom stereocenters. The lowest BCUT2D eigenvalue weighted by Crippen LogP contribution is -2.38. The molecule has 3 nitrogen and oxygen atoms in total. The number of nitrogens with one attached hydrogen (secondary N) is 2. The summed E-state index contributed by atoms with van der Waals surface area (Å²) >= 11 is 0. The summed E-state index contributed by atoms with van der Waals surface area (Å²) in [5.74, 6) is 2.93. The number of carbonyl (C=O) groups is 1. The van der Waals surface area contributed by atoms with Crippen LogP contribution in [0, 0.1) is 18.3 Å². The van der Waals surface area contributed by atoms with E-state index in [0.717, 1.165) is 5.56 Å². The number of hydrogen-bond acceptors (Lipinski definition) is 1. The standard InChI is InChI=1S/C14H18N2O/c1-5-12-7-6-8-13(9-12)16-14(17)15-11(4)10(2)3/h1,6-11H,2-4H3,(H2,15,16,17). The van der Waals surface area contributed by atoms with Crippen molar-refractivity contribution in [1.29, 1.82) is 0 Å². The van der Waals surface area contributed by atoms with Gasteiger partial charge in [-0.3, -0.25) is 0 Å². The number of urea groups is 1. The van der Waals surface area contributed by atoms with Crippen LogP contribution in [0.3, 0.4) is 0 Å². The van der Waals surface area contributed by atoms with Crippen LogP contribution in [-0.4, -0.2) is 12.1 Å². The van der Waals surface area contributed by atoms with Crippen LogP contribution in [0.15, 0.2) is 24.3 Å². The first kappa shape index (κ1) is 13.1. The molecule has 1 atom stereocenters. The maximum atomic E-state index is 11.7. The molecule has 1 aromatic rings. The third-order valence-electron chi connectivity index (χ3n) is 2.65. The van der Waals surface area contributed by atoms with Crippen LogP contribution in [0.25, 0.3) is 0 Å². The van der Waals surface area contributed by atoms with Crippen LogP contribution in [0.4, 0.5) is 10.5 Å². The number of benzene rings is 1. The van der Waals surface area contributed by atoms with Crippen molar-refractivity contribution in [3.63, 3.8) is 0 Å². The van der Waals surface area contributed by atoms with Crippen LogP contribution in [-0.2, 0) is 0 Å². The molecule has 0 fully saturated rings. The fraction of sp³-hybridized carbons (Fsp3) is 0.357. The third-order valence-corrected chi connectivity index (χ3v) is 2.65. The van der Waals surface area contributed by atoms with E-state index in [2.05, 4.69) is 30.4 Å². The smallest absolute Gasteiger partial charge is 0.319 e. The summed E-state index contributed by atoms with van der Waals surface area (Å²) in [6.45, 7) is 6.09. The minimum absolute atomic E-state index is 0.130. The zero-order valence-corrected chi connectivity index (χ0v) is 10.4. The predicted molar refractivity (Wildman–Crippen MR) is 70.8 cm³/mol. The third kappa shape index (κ3) is 4.20. The summed E-state index contributed by atoms with van der Waals surface area (Å²) in [5, 5.41) is 5.62. The van der Waals surface area contributed by atoms with Crippen molar-refractivity contribution in [2.75, 3.05) is 5.32 Å². The number of hydrogen-bond donors (Lipinski definition) is 2. The lowest BCUT2D eigenvalue weighted by atomic mass is 10.1. The Balaban J connectivity index is 2.59. The van der Waals surface area contributed by atoms with Crippen molar-refractivity contribution in [2.24, 2.45) is 5.92 Å². The first-order chi connectivity index (χ1) is 8.02. The minimum Gasteiger partial charge on any atom is -0.335 e. The second kappa shape index (κ2) is 5.95. The van der Waals surface area contributed by atoms with E-state index in [1.165, 1.54) is 0 Å². The molecule has 0 aromatic heterocycles. The fourth-order valence-electron chi connectivity index (χ4n) is 1.23. The number of amides is 2. The normalized spacial score (nSPS) is 11.7. The van der Waals surface area contributed by atoms with Gasteiger partial charge in [0.2, 0.25) is 0 Å². The molecule has 0 aliphatic carbocycles. The van der Waals surface area contributed by atoms with Crippen molar-refractivity contribution >= 4 is 11.7 Å². The number of anilines is 1. The van der Waals surface area contributed by atoms with E-state index in [9.17, 15) is 4.79 Å². The van der Waals surface area contributed by atoms with Crippen molar-refractivity contribution in [2.45, 2.75) is 26.8 Å². The van der Waals surface area contributed by atoms with Gasteiger partial charge >= 0.3 is 6.03 Å². The molecular weight excluding hydrogens is 212 g/mol. The molecule has 17 heavy (non-hydrogen) atoms. The van der Waals surface area contributed by atoms with Gasteiger partial charge in [0.25, 0.3) is 0 Å². The van der Waals surface area contributed by atoms with Crippen LogP contribution >= 0.6 is 0 Å². The quantitative estimate of drug-likeness (QED) is 0.770. The summed E-state index contributed by atoms with van der Waals surface area (Å²) in [6.07, 6.45) is 5.29. The molecule has 0 spiro atoms. The number of terminal acetylenes is 1. The van der Waals surface area contributed by atoms with E-state index in [-0.39, 0.29) is 12.1 Å². The maximum absolute atomic E-state index is 11.7. The SMILES string of the molecule is C#Cc1cccc(NC(=O)NC(C)C(C)C)c1. The van der Waals surface area contributed by atoms with Crippen LogP contribution in [0.5, 0.6) is 0 Å². The van der Waals surface area contributed by atoms with Crippen molar-refractivity contribution in [3.05, 3.63) is 29.8 Å². The molecule has 0 aliphatic heterocycles.